The molecule has 0 amide bonds. The highest BCUT2D eigenvalue weighted by molar-refractivity contribution is 6.38. The van der Waals surface area contributed by atoms with E-state index in [1.807, 2.05) is 0 Å². The van der Waals surface area contributed by atoms with Crippen LogP contribution in [-0.4, -0.2) is 0 Å². The highest BCUT2D eigenvalue weighted by Crippen LogP contribution is 2.41. The van der Waals surface area contributed by atoms with Crippen LogP contribution in [-0.2, 0) is 6.18 Å². The van der Waals surface area contributed by atoms with Crippen molar-refractivity contribution in [3.05, 3.63) is 47.0 Å². The number of hydrogen-bond donors (Lipinski definition) is 0. The standard InChI is InChI=1S/C13H5ClF3/c14-11-6-7-4-5-9(11)12-8(7)2-1-3-10(12)13(15,16)17/h1-2,4-6H. The monoisotopic (exact) mass is 253 g/mol. The van der Waals surface area contributed by atoms with Crippen LogP contribution in [0.15, 0.2) is 30.3 Å². The quantitative estimate of drug-likeness (QED) is 0.534. The third-order valence-electron chi connectivity index (χ3n) is 2.83. The van der Waals surface area contributed by atoms with Gasteiger partial charge in [-0.15, -0.1) is 0 Å². The smallest absolute Gasteiger partial charge is 0.166 e. The van der Waals surface area contributed by atoms with Gasteiger partial charge >= 0.3 is 6.18 Å². The average molecular weight is 254 g/mol. The highest BCUT2D eigenvalue weighted by atomic mass is 35.5. The van der Waals surface area contributed by atoms with Crippen LogP contribution in [0.4, 0.5) is 13.2 Å². The Balaban J connectivity index is 2.57. The number of alkyl halides is 3. The molecule has 0 heterocycles. The van der Waals surface area contributed by atoms with Gasteiger partial charge in [0.1, 0.15) is 0 Å². The minimum atomic E-state index is -4.42. The Morgan fingerprint density at radius 3 is 2.47 bits per heavy atom. The maximum atomic E-state index is 12.9. The molecule has 0 aliphatic carbocycles. The summed E-state index contributed by atoms with van der Waals surface area (Å²) in [6.45, 7) is 0. The molecular weight excluding hydrogens is 249 g/mol. The normalized spacial score (nSPS) is 12.7. The van der Waals surface area contributed by atoms with Crippen LogP contribution in [0.5, 0.6) is 0 Å². The molecule has 0 fully saturated rings. The van der Waals surface area contributed by atoms with Crippen LogP contribution in [0.1, 0.15) is 5.56 Å². The van der Waals surface area contributed by atoms with Gasteiger partial charge in [0.25, 0.3) is 0 Å². The molecule has 0 nitrogen and oxygen atoms in total. The fraction of sp³-hybridized carbons (Fsp3) is 0.0769. The summed E-state index contributed by atoms with van der Waals surface area (Å²) in [6.07, 6.45) is -4.42. The van der Waals surface area contributed by atoms with Crippen molar-refractivity contribution >= 4 is 33.1 Å². The summed E-state index contributed by atoms with van der Waals surface area (Å²) in [5, 5.41) is 2.18. The van der Waals surface area contributed by atoms with E-state index in [1.165, 1.54) is 6.07 Å². The van der Waals surface area contributed by atoms with Gasteiger partial charge in [0.2, 0.25) is 0 Å². The summed E-state index contributed by atoms with van der Waals surface area (Å²) < 4.78 is 38.7. The van der Waals surface area contributed by atoms with Crippen LogP contribution in [0.3, 0.4) is 0 Å². The van der Waals surface area contributed by atoms with E-state index in [-0.39, 0.29) is 5.39 Å². The lowest BCUT2D eigenvalue weighted by Gasteiger charge is -2.14. The van der Waals surface area contributed by atoms with E-state index in [4.69, 9.17) is 11.6 Å². The first-order chi connectivity index (χ1) is 7.98. The number of rotatable bonds is 0. The van der Waals surface area contributed by atoms with E-state index in [0.717, 1.165) is 0 Å². The van der Waals surface area contributed by atoms with Crippen LogP contribution in [0.25, 0.3) is 21.5 Å². The topological polar surface area (TPSA) is 0 Å². The predicted octanol–water partition coefficient (Wildman–Crippen LogP) is 4.90. The lowest BCUT2D eigenvalue weighted by atomic mass is 9.95. The molecular formula is C13H5ClF3. The number of halogens is 4. The van der Waals surface area contributed by atoms with Crippen molar-refractivity contribution in [1.82, 2.24) is 0 Å². The second-order valence-electron chi connectivity index (χ2n) is 3.83. The third kappa shape index (κ3) is 1.46. The molecule has 1 radical (unpaired) electrons. The Morgan fingerprint density at radius 2 is 1.82 bits per heavy atom. The fourth-order valence-corrected chi connectivity index (χ4v) is 2.40. The second kappa shape index (κ2) is 3.26. The van der Waals surface area contributed by atoms with Crippen molar-refractivity contribution in [2.45, 2.75) is 6.18 Å². The minimum Gasteiger partial charge on any atom is -0.166 e. The zero-order valence-corrected chi connectivity index (χ0v) is 9.15. The molecule has 85 valence electrons. The number of benzene rings is 4. The summed E-state index contributed by atoms with van der Waals surface area (Å²) in [7, 11) is 0. The lowest BCUT2D eigenvalue weighted by molar-refractivity contribution is -0.136. The van der Waals surface area contributed by atoms with E-state index in [1.54, 1.807) is 24.3 Å². The van der Waals surface area contributed by atoms with Crippen molar-refractivity contribution in [3.8, 4) is 0 Å². The first-order valence-corrected chi connectivity index (χ1v) is 5.28. The molecule has 0 atom stereocenters. The second-order valence-corrected chi connectivity index (χ2v) is 4.24. The largest absolute Gasteiger partial charge is 0.417 e. The Bertz CT molecular complexity index is 700. The maximum Gasteiger partial charge on any atom is 0.417 e. The predicted molar refractivity (Wildman–Crippen MR) is 61.5 cm³/mol. The van der Waals surface area contributed by atoms with Crippen LogP contribution < -0.4 is 0 Å². The van der Waals surface area contributed by atoms with Crippen molar-refractivity contribution in [2.24, 2.45) is 0 Å². The lowest BCUT2D eigenvalue weighted by Crippen LogP contribution is -2.06. The van der Waals surface area contributed by atoms with E-state index in [2.05, 4.69) is 6.07 Å². The minimum absolute atomic E-state index is 0.144. The van der Waals surface area contributed by atoms with Gasteiger partial charge in [-0.2, -0.15) is 13.2 Å². The average Bonchev–Trinajstić information content (AvgIpc) is 2.28. The van der Waals surface area contributed by atoms with Gasteiger partial charge in [0, 0.05) is 15.8 Å². The first kappa shape index (κ1) is 10.7. The summed E-state index contributed by atoms with van der Waals surface area (Å²) in [5.74, 6) is 0. The molecule has 4 heteroatoms. The highest BCUT2D eigenvalue weighted by Gasteiger charge is 2.33. The SMILES string of the molecule is FC(F)(F)c1[c]ccc2c3ccc(c(Cl)c3)c12. The van der Waals surface area contributed by atoms with E-state index >= 15 is 0 Å². The van der Waals surface area contributed by atoms with Crippen LogP contribution in [0, 0.1) is 6.07 Å². The molecule has 0 spiro atoms. The zero-order valence-electron chi connectivity index (χ0n) is 8.40. The molecule has 4 aromatic rings. The Morgan fingerprint density at radius 1 is 1.06 bits per heavy atom. The van der Waals surface area contributed by atoms with E-state index in [0.29, 0.717) is 21.2 Å². The van der Waals surface area contributed by atoms with Gasteiger partial charge in [-0.05, 0) is 22.9 Å². The van der Waals surface area contributed by atoms with Gasteiger partial charge in [0.05, 0.1) is 5.56 Å². The summed E-state index contributed by atoms with van der Waals surface area (Å²) >= 11 is 5.93. The van der Waals surface area contributed by atoms with Gasteiger partial charge < -0.3 is 0 Å². The fourth-order valence-electron chi connectivity index (χ4n) is 2.13. The van der Waals surface area contributed by atoms with Crippen LogP contribution in [0.2, 0.25) is 5.02 Å². The molecule has 0 saturated heterocycles. The van der Waals surface area contributed by atoms with Gasteiger partial charge in [-0.1, -0.05) is 35.9 Å². The van der Waals surface area contributed by atoms with E-state index in [9.17, 15) is 13.2 Å². The van der Waals surface area contributed by atoms with Crippen LogP contribution >= 0.6 is 11.6 Å². The summed E-state index contributed by atoms with van der Waals surface area (Å²) in [5.41, 5.74) is -0.752. The Kier molecular flexibility index (Phi) is 2.05. The molecule has 0 aliphatic rings. The zero-order chi connectivity index (χ0) is 12.2. The molecule has 0 saturated carbocycles. The van der Waals surface area contributed by atoms with Gasteiger partial charge in [0.15, 0.2) is 0 Å². The molecule has 2 bridgehead atoms. The molecule has 0 N–H and O–H groups in total. The van der Waals surface area contributed by atoms with Crippen molar-refractivity contribution in [1.29, 1.82) is 0 Å². The molecule has 4 aromatic carbocycles. The maximum absolute atomic E-state index is 12.9. The van der Waals surface area contributed by atoms with Crippen molar-refractivity contribution in [3.63, 3.8) is 0 Å². The third-order valence-corrected chi connectivity index (χ3v) is 3.14. The molecule has 0 aromatic heterocycles. The number of fused-ring (bicyclic) bond motifs is 2. The van der Waals surface area contributed by atoms with Crippen molar-refractivity contribution in [2.75, 3.05) is 0 Å². The van der Waals surface area contributed by atoms with Crippen molar-refractivity contribution < 1.29 is 13.2 Å². The Labute approximate surface area is 99.9 Å². The molecule has 4 rings (SSSR count). The molecule has 17 heavy (non-hydrogen) atoms. The van der Waals surface area contributed by atoms with Gasteiger partial charge in [-0.3, -0.25) is 0 Å². The van der Waals surface area contributed by atoms with Gasteiger partial charge in [-0.25, -0.2) is 0 Å². The summed E-state index contributed by atoms with van der Waals surface area (Å²) in [4.78, 5) is 0. The molecule has 0 aliphatic heterocycles. The number of hydrogen-bond acceptors (Lipinski definition) is 0. The molecule has 0 unspecified atom stereocenters. The van der Waals surface area contributed by atoms with E-state index < -0.39 is 11.7 Å². The first-order valence-electron chi connectivity index (χ1n) is 4.90. The summed E-state index contributed by atoms with van der Waals surface area (Å²) in [6, 6.07) is 10.2. The Hall–Kier alpha value is -1.48.